The number of halogens is 1. The summed E-state index contributed by atoms with van der Waals surface area (Å²) in [7, 11) is 0. The number of hydrogen-bond donors (Lipinski definition) is 1. The number of aromatic nitrogens is 1. The summed E-state index contributed by atoms with van der Waals surface area (Å²) in [5.74, 6) is -0.205. The van der Waals surface area contributed by atoms with Crippen molar-refractivity contribution in [2.24, 2.45) is 0 Å². The van der Waals surface area contributed by atoms with Gasteiger partial charge in [0.25, 0.3) is 0 Å². The third-order valence-electron chi connectivity index (χ3n) is 3.54. The van der Waals surface area contributed by atoms with Gasteiger partial charge < -0.3 is 5.32 Å². The van der Waals surface area contributed by atoms with Crippen molar-refractivity contribution in [3.63, 3.8) is 0 Å². The Labute approximate surface area is 139 Å². The SMILES string of the molecule is Cc1ccc(Cl)cc1NC(=O)/C=C/c1cccc2cccnc12. The van der Waals surface area contributed by atoms with Crippen LogP contribution in [0.1, 0.15) is 11.1 Å². The van der Waals surface area contributed by atoms with Crippen molar-refractivity contribution >= 4 is 40.2 Å². The van der Waals surface area contributed by atoms with E-state index in [4.69, 9.17) is 11.6 Å². The third-order valence-corrected chi connectivity index (χ3v) is 3.77. The first kappa shape index (κ1) is 15.3. The van der Waals surface area contributed by atoms with Crippen LogP contribution >= 0.6 is 11.6 Å². The van der Waals surface area contributed by atoms with Gasteiger partial charge in [0.1, 0.15) is 0 Å². The molecule has 3 nitrogen and oxygen atoms in total. The predicted octanol–water partition coefficient (Wildman–Crippen LogP) is 4.85. The molecule has 0 saturated heterocycles. The van der Waals surface area contributed by atoms with Gasteiger partial charge in [0.15, 0.2) is 0 Å². The maximum atomic E-state index is 12.1. The standard InChI is InChI=1S/C19H15ClN2O/c1-13-7-9-16(20)12-17(13)22-18(23)10-8-15-5-2-4-14-6-3-11-21-19(14)15/h2-12H,1H3,(H,22,23)/b10-8+. The van der Waals surface area contributed by atoms with Gasteiger partial charge in [-0.15, -0.1) is 0 Å². The number of pyridine rings is 1. The Morgan fingerprint density at radius 1 is 1.17 bits per heavy atom. The van der Waals surface area contributed by atoms with Crippen LogP contribution in [-0.4, -0.2) is 10.9 Å². The molecule has 0 aliphatic carbocycles. The van der Waals surface area contributed by atoms with E-state index in [2.05, 4.69) is 10.3 Å². The number of hydrogen-bond acceptors (Lipinski definition) is 2. The molecule has 0 atom stereocenters. The van der Waals surface area contributed by atoms with Crippen LogP contribution < -0.4 is 5.32 Å². The number of rotatable bonds is 3. The van der Waals surface area contributed by atoms with Gasteiger partial charge in [-0.25, -0.2) is 0 Å². The van der Waals surface area contributed by atoms with Crippen LogP contribution in [0.15, 0.2) is 60.8 Å². The lowest BCUT2D eigenvalue weighted by Crippen LogP contribution is -2.08. The fourth-order valence-corrected chi connectivity index (χ4v) is 2.50. The van der Waals surface area contributed by atoms with Crippen molar-refractivity contribution in [1.82, 2.24) is 4.98 Å². The van der Waals surface area contributed by atoms with Crippen molar-refractivity contribution in [3.05, 3.63) is 77.0 Å². The molecule has 3 rings (SSSR count). The van der Waals surface area contributed by atoms with Gasteiger partial charge in [0, 0.05) is 33.9 Å². The number of benzene rings is 2. The topological polar surface area (TPSA) is 42.0 Å². The minimum Gasteiger partial charge on any atom is -0.322 e. The van der Waals surface area contributed by atoms with Crippen LogP contribution in [0.5, 0.6) is 0 Å². The lowest BCUT2D eigenvalue weighted by atomic mass is 10.1. The van der Waals surface area contributed by atoms with E-state index >= 15 is 0 Å². The van der Waals surface area contributed by atoms with E-state index in [1.807, 2.05) is 43.3 Å². The molecule has 0 aliphatic rings. The molecule has 1 heterocycles. The number of fused-ring (bicyclic) bond motifs is 1. The van der Waals surface area contributed by atoms with Crippen molar-refractivity contribution < 1.29 is 4.79 Å². The summed E-state index contributed by atoms with van der Waals surface area (Å²) >= 11 is 5.96. The Morgan fingerprint density at radius 3 is 2.87 bits per heavy atom. The van der Waals surface area contributed by atoms with Gasteiger partial charge in [0.2, 0.25) is 5.91 Å². The minimum absolute atomic E-state index is 0.205. The zero-order chi connectivity index (χ0) is 16.2. The van der Waals surface area contributed by atoms with Crippen LogP contribution in [0.4, 0.5) is 5.69 Å². The average molecular weight is 323 g/mol. The van der Waals surface area contributed by atoms with Crippen molar-refractivity contribution in [3.8, 4) is 0 Å². The number of anilines is 1. The highest BCUT2D eigenvalue weighted by molar-refractivity contribution is 6.31. The maximum Gasteiger partial charge on any atom is 0.248 e. The molecule has 0 spiro atoms. The van der Waals surface area contributed by atoms with Gasteiger partial charge in [-0.3, -0.25) is 9.78 Å². The Hall–Kier alpha value is -2.65. The summed E-state index contributed by atoms with van der Waals surface area (Å²) in [5.41, 5.74) is 3.45. The van der Waals surface area contributed by atoms with Crippen LogP contribution in [-0.2, 0) is 4.79 Å². The molecule has 23 heavy (non-hydrogen) atoms. The largest absolute Gasteiger partial charge is 0.322 e. The summed E-state index contributed by atoms with van der Waals surface area (Å²) in [4.78, 5) is 16.5. The molecule has 0 saturated carbocycles. The normalized spacial score (nSPS) is 11.0. The highest BCUT2D eigenvalue weighted by atomic mass is 35.5. The van der Waals surface area contributed by atoms with Gasteiger partial charge >= 0.3 is 0 Å². The van der Waals surface area contributed by atoms with E-state index in [9.17, 15) is 4.79 Å². The molecule has 1 aromatic heterocycles. The van der Waals surface area contributed by atoms with Crippen LogP contribution in [0, 0.1) is 6.92 Å². The van der Waals surface area contributed by atoms with Gasteiger partial charge in [0.05, 0.1) is 5.52 Å². The second kappa shape index (κ2) is 6.63. The Bertz CT molecular complexity index is 898. The zero-order valence-electron chi connectivity index (χ0n) is 12.6. The maximum absolute atomic E-state index is 12.1. The monoisotopic (exact) mass is 322 g/mol. The van der Waals surface area contributed by atoms with E-state index in [1.165, 1.54) is 6.08 Å². The number of aryl methyl sites for hydroxylation is 1. The molecular formula is C19H15ClN2O. The molecule has 0 unspecified atom stereocenters. The van der Waals surface area contributed by atoms with Crippen LogP contribution in [0.25, 0.3) is 17.0 Å². The number of carbonyl (C=O) groups is 1. The molecule has 4 heteroatoms. The molecule has 0 radical (unpaired) electrons. The number of para-hydroxylation sites is 1. The first-order valence-electron chi connectivity index (χ1n) is 7.22. The molecule has 1 amide bonds. The molecular weight excluding hydrogens is 308 g/mol. The Morgan fingerprint density at radius 2 is 2.00 bits per heavy atom. The predicted molar refractivity (Wildman–Crippen MR) is 95.6 cm³/mol. The summed E-state index contributed by atoms with van der Waals surface area (Å²) in [6.07, 6.45) is 5.02. The van der Waals surface area contributed by atoms with Crippen LogP contribution in [0.2, 0.25) is 5.02 Å². The van der Waals surface area contributed by atoms with E-state index in [0.717, 1.165) is 22.0 Å². The Kier molecular flexibility index (Phi) is 4.40. The van der Waals surface area contributed by atoms with Crippen molar-refractivity contribution in [2.45, 2.75) is 6.92 Å². The second-order valence-electron chi connectivity index (χ2n) is 5.20. The first-order valence-corrected chi connectivity index (χ1v) is 7.60. The molecule has 114 valence electrons. The molecule has 0 aliphatic heterocycles. The molecule has 1 N–H and O–H groups in total. The Balaban J connectivity index is 1.82. The summed E-state index contributed by atoms with van der Waals surface area (Å²) in [6, 6.07) is 15.2. The average Bonchev–Trinajstić information content (AvgIpc) is 2.56. The smallest absolute Gasteiger partial charge is 0.248 e. The number of amides is 1. The van der Waals surface area contributed by atoms with Crippen LogP contribution in [0.3, 0.4) is 0 Å². The summed E-state index contributed by atoms with van der Waals surface area (Å²) in [6.45, 7) is 1.92. The fourth-order valence-electron chi connectivity index (χ4n) is 2.33. The molecule has 0 bridgehead atoms. The fraction of sp³-hybridized carbons (Fsp3) is 0.0526. The number of carbonyl (C=O) groups excluding carboxylic acids is 1. The van der Waals surface area contributed by atoms with Gasteiger partial charge in [-0.2, -0.15) is 0 Å². The van der Waals surface area contributed by atoms with Gasteiger partial charge in [-0.05, 0) is 36.8 Å². The van der Waals surface area contributed by atoms with Crippen molar-refractivity contribution in [1.29, 1.82) is 0 Å². The quantitative estimate of drug-likeness (QED) is 0.700. The highest BCUT2D eigenvalue weighted by Gasteiger charge is 2.03. The molecule has 2 aromatic carbocycles. The summed E-state index contributed by atoms with van der Waals surface area (Å²) in [5, 5.41) is 4.47. The van der Waals surface area contributed by atoms with E-state index in [-0.39, 0.29) is 5.91 Å². The molecule has 0 fully saturated rings. The lowest BCUT2D eigenvalue weighted by Gasteiger charge is -2.06. The highest BCUT2D eigenvalue weighted by Crippen LogP contribution is 2.21. The number of nitrogens with zero attached hydrogens (tertiary/aromatic N) is 1. The summed E-state index contributed by atoms with van der Waals surface area (Å²) < 4.78 is 0. The number of nitrogens with one attached hydrogen (secondary N) is 1. The third kappa shape index (κ3) is 3.58. The zero-order valence-corrected chi connectivity index (χ0v) is 13.3. The molecule has 3 aromatic rings. The first-order chi connectivity index (χ1) is 11.1. The van der Waals surface area contributed by atoms with E-state index in [0.29, 0.717) is 10.7 Å². The lowest BCUT2D eigenvalue weighted by molar-refractivity contribution is -0.111. The van der Waals surface area contributed by atoms with E-state index in [1.54, 1.807) is 24.4 Å². The second-order valence-corrected chi connectivity index (χ2v) is 5.64. The van der Waals surface area contributed by atoms with Crippen molar-refractivity contribution in [2.75, 3.05) is 5.32 Å². The minimum atomic E-state index is -0.205. The van der Waals surface area contributed by atoms with E-state index < -0.39 is 0 Å². The van der Waals surface area contributed by atoms with Gasteiger partial charge in [-0.1, -0.05) is 41.9 Å².